The van der Waals surface area contributed by atoms with Crippen molar-refractivity contribution in [3.05, 3.63) is 29.3 Å². The Labute approximate surface area is 125 Å². The number of nitrogens with one attached hydrogen (secondary N) is 2. The van der Waals surface area contributed by atoms with Crippen LogP contribution in [-0.2, 0) is 16.6 Å². The van der Waals surface area contributed by atoms with E-state index in [1.807, 2.05) is 27.7 Å². The minimum Gasteiger partial charge on any atom is -0.310 e. The summed E-state index contributed by atoms with van der Waals surface area (Å²) in [5.74, 6) is -1.71. The van der Waals surface area contributed by atoms with Crippen molar-refractivity contribution in [2.24, 2.45) is 5.92 Å². The summed E-state index contributed by atoms with van der Waals surface area (Å²) < 4.78 is 54.4. The zero-order valence-corrected chi connectivity index (χ0v) is 13.5. The van der Waals surface area contributed by atoms with Crippen LogP contribution in [0.15, 0.2) is 17.0 Å². The van der Waals surface area contributed by atoms with Gasteiger partial charge in [0.1, 0.15) is 10.7 Å². The van der Waals surface area contributed by atoms with Crippen molar-refractivity contribution in [1.29, 1.82) is 0 Å². The molecule has 21 heavy (non-hydrogen) atoms. The molecule has 0 saturated carbocycles. The van der Waals surface area contributed by atoms with Crippen molar-refractivity contribution in [1.82, 2.24) is 10.0 Å². The van der Waals surface area contributed by atoms with E-state index in [1.165, 1.54) is 0 Å². The van der Waals surface area contributed by atoms with Crippen LogP contribution in [0.5, 0.6) is 0 Å². The van der Waals surface area contributed by atoms with Gasteiger partial charge >= 0.3 is 0 Å². The van der Waals surface area contributed by atoms with E-state index in [-0.39, 0.29) is 30.6 Å². The first kappa shape index (κ1) is 18.0. The zero-order chi connectivity index (χ0) is 16.2. The van der Waals surface area contributed by atoms with Crippen LogP contribution >= 0.6 is 0 Å². The lowest BCUT2D eigenvalue weighted by Gasteiger charge is -2.14. The quantitative estimate of drug-likeness (QED) is 0.811. The monoisotopic (exact) mass is 320 g/mol. The molecule has 2 N–H and O–H groups in total. The molecular weight excluding hydrogens is 298 g/mol. The molecule has 1 rings (SSSR count). The van der Waals surface area contributed by atoms with E-state index >= 15 is 0 Å². The van der Waals surface area contributed by atoms with Crippen LogP contribution in [0.1, 0.15) is 33.3 Å². The molecule has 4 nitrogen and oxygen atoms in total. The van der Waals surface area contributed by atoms with Crippen molar-refractivity contribution in [3.8, 4) is 0 Å². The predicted molar refractivity (Wildman–Crippen MR) is 78.4 cm³/mol. The first-order chi connectivity index (χ1) is 9.65. The standard InChI is InChI=1S/C14H22F2N2O2S/c1-9(2)7-18-21(19,20)13-6-5-12(15)11(14(13)16)8-17-10(3)4/h5-6,9-10,17-18H,7-8H2,1-4H3. The van der Waals surface area contributed by atoms with Gasteiger partial charge in [-0.2, -0.15) is 0 Å². The number of hydrogen-bond acceptors (Lipinski definition) is 3. The summed E-state index contributed by atoms with van der Waals surface area (Å²) in [6.45, 7) is 7.46. The molecule has 0 aliphatic rings. The Hall–Kier alpha value is -1.05. The van der Waals surface area contributed by atoms with Crippen LogP contribution in [0.25, 0.3) is 0 Å². The predicted octanol–water partition coefficient (Wildman–Crippen LogP) is 2.40. The minimum absolute atomic E-state index is 0.0307. The van der Waals surface area contributed by atoms with Gasteiger partial charge in [0.05, 0.1) is 0 Å². The van der Waals surface area contributed by atoms with Crippen LogP contribution in [0.4, 0.5) is 8.78 Å². The van der Waals surface area contributed by atoms with Gasteiger partial charge in [0.25, 0.3) is 0 Å². The van der Waals surface area contributed by atoms with E-state index in [9.17, 15) is 17.2 Å². The maximum absolute atomic E-state index is 14.3. The fraction of sp³-hybridized carbons (Fsp3) is 0.571. The van der Waals surface area contributed by atoms with Gasteiger partial charge in [0, 0.05) is 24.7 Å². The SMILES string of the molecule is CC(C)CNS(=O)(=O)c1ccc(F)c(CNC(C)C)c1F. The number of halogens is 2. The van der Waals surface area contributed by atoms with E-state index in [1.54, 1.807) is 0 Å². The van der Waals surface area contributed by atoms with E-state index in [4.69, 9.17) is 0 Å². The maximum atomic E-state index is 14.3. The van der Waals surface area contributed by atoms with Crippen molar-refractivity contribution in [3.63, 3.8) is 0 Å². The number of benzene rings is 1. The summed E-state index contributed by atoms with van der Waals surface area (Å²) in [7, 11) is -3.98. The first-order valence-electron chi connectivity index (χ1n) is 6.85. The molecule has 7 heteroatoms. The van der Waals surface area contributed by atoms with Crippen LogP contribution < -0.4 is 10.0 Å². The highest BCUT2D eigenvalue weighted by atomic mass is 32.2. The Morgan fingerprint density at radius 3 is 2.29 bits per heavy atom. The molecule has 0 atom stereocenters. The first-order valence-corrected chi connectivity index (χ1v) is 8.33. The summed E-state index contributed by atoms with van der Waals surface area (Å²) in [6.07, 6.45) is 0. The van der Waals surface area contributed by atoms with E-state index in [0.29, 0.717) is 0 Å². The average Bonchev–Trinajstić information content (AvgIpc) is 2.35. The van der Waals surface area contributed by atoms with Crippen LogP contribution in [0, 0.1) is 17.6 Å². The van der Waals surface area contributed by atoms with Gasteiger partial charge in [-0.05, 0) is 18.1 Å². The molecule has 0 bridgehead atoms. The highest BCUT2D eigenvalue weighted by Gasteiger charge is 2.23. The molecule has 0 amide bonds. The fourth-order valence-corrected chi connectivity index (χ4v) is 2.92. The second-order valence-corrected chi connectivity index (χ2v) is 7.35. The highest BCUT2D eigenvalue weighted by molar-refractivity contribution is 7.89. The second-order valence-electron chi connectivity index (χ2n) is 5.62. The minimum atomic E-state index is -3.98. The molecule has 0 fully saturated rings. The summed E-state index contributed by atoms with van der Waals surface area (Å²) in [4.78, 5) is -0.523. The Balaban J connectivity index is 3.11. The lowest BCUT2D eigenvalue weighted by Crippen LogP contribution is -2.29. The van der Waals surface area contributed by atoms with Gasteiger partial charge in [0.15, 0.2) is 5.82 Å². The Morgan fingerprint density at radius 1 is 1.14 bits per heavy atom. The molecule has 0 aliphatic heterocycles. The van der Waals surface area contributed by atoms with Gasteiger partial charge in [0.2, 0.25) is 10.0 Å². The van der Waals surface area contributed by atoms with Gasteiger partial charge in [-0.1, -0.05) is 27.7 Å². The third-order valence-electron chi connectivity index (χ3n) is 2.81. The molecule has 120 valence electrons. The number of rotatable bonds is 7. The summed E-state index contributed by atoms with van der Waals surface area (Å²) >= 11 is 0. The van der Waals surface area contributed by atoms with E-state index in [2.05, 4.69) is 10.0 Å². The lowest BCUT2D eigenvalue weighted by molar-refractivity contribution is 0.496. The van der Waals surface area contributed by atoms with Crippen LogP contribution in [-0.4, -0.2) is 21.0 Å². The van der Waals surface area contributed by atoms with Crippen LogP contribution in [0.2, 0.25) is 0 Å². The van der Waals surface area contributed by atoms with Gasteiger partial charge in [-0.3, -0.25) is 0 Å². The summed E-state index contributed by atoms with van der Waals surface area (Å²) in [6, 6.07) is 1.96. The Kier molecular flexibility index (Phi) is 6.24. The van der Waals surface area contributed by atoms with Gasteiger partial charge < -0.3 is 5.32 Å². The molecule has 1 aromatic carbocycles. The van der Waals surface area contributed by atoms with Crippen molar-refractivity contribution in [2.45, 2.75) is 45.2 Å². The third kappa shape index (κ3) is 5.01. The molecule has 0 spiro atoms. The fourth-order valence-electron chi connectivity index (χ4n) is 1.61. The molecule has 0 radical (unpaired) electrons. The van der Waals surface area contributed by atoms with E-state index in [0.717, 1.165) is 12.1 Å². The average molecular weight is 320 g/mol. The largest absolute Gasteiger partial charge is 0.310 e. The number of sulfonamides is 1. The van der Waals surface area contributed by atoms with Gasteiger partial charge in [-0.25, -0.2) is 21.9 Å². The summed E-state index contributed by atoms with van der Waals surface area (Å²) in [5, 5.41) is 2.88. The number of hydrogen-bond donors (Lipinski definition) is 2. The van der Waals surface area contributed by atoms with Crippen molar-refractivity contribution < 1.29 is 17.2 Å². The Bertz CT molecular complexity index is 587. The lowest BCUT2D eigenvalue weighted by atomic mass is 10.2. The highest BCUT2D eigenvalue weighted by Crippen LogP contribution is 2.21. The van der Waals surface area contributed by atoms with E-state index < -0.39 is 26.6 Å². The molecule has 0 unspecified atom stereocenters. The molecule has 0 heterocycles. The maximum Gasteiger partial charge on any atom is 0.243 e. The molecular formula is C14H22F2N2O2S. The zero-order valence-electron chi connectivity index (χ0n) is 12.7. The molecule has 0 saturated heterocycles. The topological polar surface area (TPSA) is 58.2 Å². The van der Waals surface area contributed by atoms with Crippen molar-refractivity contribution >= 4 is 10.0 Å². The smallest absolute Gasteiger partial charge is 0.243 e. The summed E-state index contributed by atoms with van der Waals surface area (Å²) in [5.41, 5.74) is -0.267. The van der Waals surface area contributed by atoms with Crippen molar-refractivity contribution in [2.75, 3.05) is 6.54 Å². The second kappa shape index (κ2) is 7.29. The van der Waals surface area contributed by atoms with Crippen LogP contribution in [0.3, 0.4) is 0 Å². The Morgan fingerprint density at radius 2 is 1.76 bits per heavy atom. The molecule has 0 aliphatic carbocycles. The molecule has 0 aromatic heterocycles. The van der Waals surface area contributed by atoms with Gasteiger partial charge in [-0.15, -0.1) is 0 Å². The normalized spacial score (nSPS) is 12.4. The molecule has 1 aromatic rings. The third-order valence-corrected chi connectivity index (χ3v) is 4.25.